The number of hydrogen-bond donors (Lipinski definition) is 0. The van der Waals surface area contributed by atoms with Crippen LogP contribution in [0, 0.1) is 10.8 Å². The minimum Gasteiger partial charge on any atom is -0.377 e. The van der Waals surface area contributed by atoms with Gasteiger partial charge in [-0.2, -0.15) is 0 Å². The Kier molecular flexibility index (Phi) is 9.15. The zero-order valence-electron chi connectivity index (χ0n) is 21.5. The van der Waals surface area contributed by atoms with Gasteiger partial charge in [-0.25, -0.2) is 0 Å². The van der Waals surface area contributed by atoms with Crippen LogP contribution < -0.4 is 0 Å². The summed E-state index contributed by atoms with van der Waals surface area (Å²) in [5.74, 6) is 0. The largest absolute Gasteiger partial charge is 0.377 e. The van der Waals surface area contributed by atoms with Crippen molar-refractivity contribution in [1.82, 2.24) is 0 Å². The summed E-state index contributed by atoms with van der Waals surface area (Å²) in [6.07, 6.45) is 16.7. The van der Waals surface area contributed by atoms with E-state index < -0.39 is 0 Å². The molecule has 3 heteroatoms. The Morgan fingerprint density at radius 1 is 0.552 bits per heavy atom. The average molecular weight is 439 g/mol. The molecule has 0 aromatic heterocycles. The van der Waals surface area contributed by atoms with Gasteiger partial charge in [-0.1, -0.05) is 92.2 Å². The molecule has 2 aliphatic carbocycles. The zero-order valence-corrected chi connectivity index (χ0v) is 24.3. The summed E-state index contributed by atoms with van der Waals surface area (Å²) in [6, 6.07) is 0. The van der Waals surface area contributed by atoms with Crippen molar-refractivity contribution in [2.24, 2.45) is 10.8 Å². The van der Waals surface area contributed by atoms with E-state index in [4.69, 9.17) is 4.74 Å². The van der Waals surface area contributed by atoms with E-state index in [0.29, 0.717) is 21.3 Å². The normalized spacial score (nSPS) is 26.3. The minimum absolute atomic E-state index is 0.225. The second kappa shape index (κ2) is 10.3. The summed E-state index contributed by atoms with van der Waals surface area (Å²) in [5, 5.41) is 0.616. The number of ether oxygens (including phenoxy) is 1. The first kappa shape index (κ1) is 25.7. The molecule has 1 nitrogen and oxygen atoms in total. The fraction of sp³-hybridized carbons (Fsp3) is 1.00. The molecule has 2 rings (SSSR count). The van der Waals surface area contributed by atoms with Gasteiger partial charge in [-0.15, -0.1) is 0 Å². The second-order valence-electron chi connectivity index (χ2n) is 12.1. The van der Waals surface area contributed by atoms with Gasteiger partial charge < -0.3 is 4.74 Å². The summed E-state index contributed by atoms with van der Waals surface area (Å²) in [5.41, 5.74) is 2.98. The second-order valence-corrected chi connectivity index (χ2v) is 18.7. The summed E-state index contributed by atoms with van der Waals surface area (Å²) >= 11 is 0. The van der Waals surface area contributed by atoms with Crippen LogP contribution in [0.15, 0.2) is 0 Å². The van der Waals surface area contributed by atoms with Crippen molar-refractivity contribution in [2.45, 2.75) is 154 Å². The third-order valence-corrected chi connectivity index (χ3v) is 14.3. The fourth-order valence-electron chi connectivity index (χ4n) is 7.03. The quantitative estimate of drug-likeness (QED) is 0.329. The van der Waals surface area contributed by atoms with E-state index in [9.17, 15) is 0 Å². The van der Waals surface area contributed by atoms with Crippen LogP contribution in [0.4, 0.5) is 0 Å². The van der Waals surface area contributed by atoms with Crippen LogP contribution in [0.25, 0.3) is 0 Å². The van der Waals surface area contributed by atoms with Gasteiger partial charge in [0.25, 0.3) is 0 Å². The Morgan fingerprint density at radius 3 is 1.03 bits per heavy atom. The van der Waals surface area contributed by atoms with E-state index in [1.807, 2.05) is 0 Å². The van der Waals surface area contributed by atoms with Crippen molar-refractivity contribution in [3.63, 3.8) is 0 Å². The van der Waals surface area contributed by atoms with Gasteiger partial charge in [0, 0.05) is 0 Å². The van der Waals surface area contributed by atoms with E-state index in [1.165, 1.54) is 77.0 Å². The van der Waals surface area contributed by atoms with Crippen LogP contribution in [-0.4, -0.2) is 29.5 Å². The van der Waals surface area contributed by atoms with Gasteiger partial charge in [-0.3, -0.25) is 0 Å². The van der Waals surface area contributed by atoms with E-state index in [-0.39, 0.29) is 19.0 Å². The first-order valence-electron chi connectivity index (χ1n) is 13.3. The predicted octanol–water partition coefficient (Wildman–Crippen LogP) is 7.15. The Balaban J connectivity index is 2.24. The highest BCUT2D eigenvalue weighted by Crippen LogP contribution is 2.52. The van der Waals surface area contributed by atoms with E-state index >= 15 is 0 Å². The van der Waals surface area contributed by atoms with Gasteiger partial charge in [0.05, 0.1) is 29.5 Å². The van der Waals surface area contributed by atoms with Crippen LogP contribution in [-0.2, 0) is 4.74 Å². The standard InChI is InChI=1S/C26H54OSi2/c1-9-23(10-2)13-17-25(18-14-23,28-21(5)6)27-26(29-22(7)8)19-15-24(11-3,12-4)16-20-26/h21-22H,9-20,28-29H2,1-8H3. The molecular weight excluding hydrogens is 384 g/mol. The van der Waals surface area contributed by atoms with Crippen molar-refractivity contribution in [1.29, 1.82) is 0 Å². The predicted molar refractivity (Wildman–Crippen MR) is 137 cm³/mol. The maximum absolute atomic E-state index is 7.62. The van der Waals surface area contributed by atoms with E-state index in [1.54, 1.807) is 0 Å². The molecule has 2 aliphatic rings. The van der Waals surface area contributed by atoms with Gasteiger partial charge in [0.1, 0.15) is 0 Å². The number of rotatable bonds is 10. The minimum atomic E-state index is -0.225. The zero-order chi connectivity index (χ0) is 21.8. The van der Waals surface area contributed by atoms with Crippen LogP contribution in [0.5, 0.6) is 0 Å². The molecule has 0 aliphatic heterocycles. The Bertz CT molecular complexity index is 427. The average Bonchev–Trinajstić information content (AvgIpc) is 2.69. The fourth-order valence-corrected chi connectivity index (χ4v) is 12.5. The van der Waals surface area contributed by atoms with Crippen molar-refractivity contribution in [3.8, 4) is 0 Å². The summed E-state index contributed by atoms with van der Waals surface area (Å²) in [6.45, 7) is 19.6. The Labute approximate surface area is 188 Å². The molecule has 0 heterocycles. The molecule has 0 atom stereocenters. The van der Waals surface area contributed by atoms with Gasteiger partial charge in [0.2, 0.25) is 0 Å². The van der Waals surface area contributed by atoms with Gasteiger partial charge in [-0.05, 0) is 62.2 Å². The molecule has 0 unspecified atom stereocenters. The molecule has 0 N–H and O–H groups in total. The summed E-state index contributed by atoms with van der Waals surface area (Å²) in [4.78, 5) is 0. The molecule has 0 spiro atoms. The van der Waals surface area contributed by atoms with Crippen molar-refractivity contribution in [3.05, 3.63) is 0 Å². The smallest absolute Gasteiger partial charge is 0.0620 e. The molecule has 0 aromatic rings. The third kappa shape index (κ3) is 6.22. The first-order valence-corrected chi connectivity index (χ1v) is 16.4. The highest BCUT2D eigenvalue weighted by molar-refractivity contribution is 6.43. The summed E-state index contributed by atoms with van der Waals surface area (Å²) < 4.78 is 7.62. The van der Waals surface area contributed by atoms with Crippen molar-refractivity contribution >= 4 is 19.0 Å². The van der Waals surface area contributed by atoms with Crippen LogP contribution >= 0.6 is 0 Å². The molecule has 29 heavy (non-hydrogen) atoms. The van der Waals surface area contributed by atoms with Gasteiger partial charge >= 0.3 is 0 Å². The van der Waals surface area contributed by atoms with Crippen molar-refractivity contribution < 1.29 is 4.74 Å². The van der Waals surface area contributed by atoms with Gasteiger partial charge in [0.15, 0.2) is 0 Å². The van der Waals surface area contributed by atoms with E-state index in [0.717, 1.165) is 11.1 Å². The third-order valence-electron chi connectivity index (χ3n) is 9.44. The first-order chi connectivity index (χ1) is 13.6. The van der Waals surface area contributed by atoms with Crippen LogP contribution in [0.3, 0.4) is 0 Å². The molecule has 0 amide bonds. The maximum atomic E-state index is 7.62. The Morgan fingerprint density at radius 2 is 0.828 bits per heavy atom. The van der Waals surface area contributed by atoms with E-state index in [2.05, 4.69) is 55.4 Å². The molecule has 2 saturated carbocycles. The lowest BCUT2D eigenvalue weighted by molar-refractivity contribution is -0.129. The van der Waals surface area contributed by atoms with Crippen LogP contribution in [0.2, 0.25) is 11.1 Å². The molecule has 0 aromatic carbocycles. The monoisotopic (exact) mass is 438 g/mol. The SMILES string of the molecule is CCC1(CC)CCC(OC2([SiH2]C(C)C)CCC(CC)(CC)CC2)([SiH2]C(C)C)CC1. The molecular formula is C26H54OSi2. The molecule has 0 radical (unpaired) electrons. The molecule has 0 bridgehead atoms. The lowest BCUT2D eigenvalue weighted by Gasteiger charge is -2.54. The molecule has 2 fully saturated rings. The lowest BCUT2D eigenvalue weighted by atomic mass is 9.68. The lowest BCUT2D eigenvalue weighted by Crippen LogP contribution is -2.56. The molecule has 0 saturated heterocycles. The maximum Gasteiger partial charge on any atom is 0.0620 e. The van der Waals surface area contributed by atoms with Crippen LogP contribution in [0.1, 0.15) is 132 Å². The van der Waals surface area contributed by atoms with Crippen molar-refractivity contribution in [2.75, 3.05) is 0 Å². The Hall–Kier alpha value is 0.394. The number of hydrogen-bond acceptors (Lipinski definition) is 1. The highest BCUT2D eigenvalue weighted by Gasteiger charge is 2.49. The summed E-state index contributed by atoms with van der Waals surface area (Å²) in [7, 11) is -0.449. The highest BCUT2D eigenvalue weighted by atomic mass is 28.2. The topological polar surface area (TPSA) is 9.23 Å². The molecule has 172 valence electrons.